The number of fused-ring (bicyclic) bond motifs is 1. The van der Waals surface area contributed by atoms with E-state index in [4.69, 9.17) is 4.98 Å². The van der Waals surface area contributed by atoms with Crippen molar-refractivity contribution in [3.63, 3.8) is 0 Å². The number of imidazole rings is 1. The second-order valence-corrected chi connectivity index (χ2v) is 6.43. The number of benzene rings is 1. The standard InChI is InChI=1S/C22H18N6/c1-2-6-17(7-3-1)14-25-22-21(26-20-16-24-11-13-28(20)22)19-9-5-12-27(19)18-8-4-10-23-15-18/h1-13,15-16,25H,14H2. The number of hydrogen-bond donors (Lipinski definition) is 1. The molecule has 0 aliphatic heterocycles. The molecule has 0 radical (unpaired) electrons. The summed E-state index contributed by atoms with van der Waals surface area (Å²) in [5.74, 6) is 0.935. The predicted molar refractivity (Wildman–Crippen MR) is 109 cm³/mol. The summed E-state index contributed by atoms with van der Waals surface area (Å²) in [6.45, 7) is 0.706. The lowest BCUT2D eigenvalue weighted by Crippen LogP contribution is -2.04. The Bertz CT molecular complexity index is 1210. The Morgan fingerprint density at radius 2 is 1.71 bits per heavy atom. The van der Waals surface area contributed by atoms with Crippen LogP contribution in [0.2, 0.25) is 0 Å². The quantitative estimate of drug-likeness (QED) is 0.507. The summed E-state index contributed by atoms with van der Waals surface area (Å²) in [5.41, 5.74) is 4.86. The van der Waals surface area contributed by atoms with Gasteiger partial charge in [-0.05, 0) is 29.8 Å². The Kier molecular flexibility index (Phi) is 4.06. The van der Waals surface area contributed by atoms with Crippen molar-refractivity contribution in [2.75, 3.05) is 5.32 Å². The number of anilines is 1. The van der Waals surface area contributed by atoms with Gasteiger partial charge in [-0.3, -0.25) is 14.4 Å². The largest absolute Gasteiger partial charge is 0.365 e. The highest BCUT2D eigenvalue weighted by atomic mass is 15.2. The molecule has 0 unspecified atom stereocenters. The van der Waals surface area contributed by atoms with E-state index in [0.29, 0.717) is 6.54 Å². The summed E-state index contributed by atoms with van der Waals surface area (Å²) in [4.78, 5) is 13.3. The molecule has 0 saturated carbocycles. The van der Waals surface area contributed by atoms with Crippen molar-refractivity contribution in [1.82, 2.24) is 23.9 Å². The molecular formula is C22H18N6. The first-order chi connectivity index (χ1) is 13.9. The van der Waals surface area contributed by atoms with Gasteiger partial charge in [0, 0.05) is 31.3 Å². The first kappa shape index (κ1) is 16.3. The van der Waals surface area contributed by atoms with Crippen molar-refractivity contribution >= 4 is 11.5 Å². The van der Waals surface area contributed by atoms with Gasteiger partial charge in [0.2, 0.25) is 0 Å². The first-order valence-corrected chi connectivity index (χ1v) is 9.08. The van der Waals surface area contributed by atoms with Crippen molar-refractivity contribution in [3.05, 3.63) is 97.3 Å². The average Bonchev–Trinajstić information content (AvgIpc) is 3.38. The van der Waals surface area contributed by atoms with E-state index < -0.39 is 0 Å². The molecule has 0 spiro atoms. The van der Waals surface area contributed by atoms with E-state index in [1.807, 2.05) is 59.4 Å². The fraction of sp³-hybridized carbons (Fsp3) is 0.0455. The van der Waals surface area contributed by atoms with Crippen molar-refractivity contribution in [3.8, 4) is 17.1 Å². The molecule has 136 valence electrons. The number of pyridine rings is 1. The van der Waals surface area contributed by atoms with Gasteiger partial charge in [0.15, 0.2) is 5.65 Å². The smallest absolute Gasteiger partial charge is 0.157 e. The molecule has 4 aromatic heterocycles. The Morgan fingerprint density at radius 3 is 2.57 bits per heavy atom. The molecule has 6 nitrogen and oxygen atoms in total. The molecule has 4 heterocycles. The number of nitrogens with one attached hydrogen (secondary N) is 1. The third-order valence-electron chi connectivity index (χ3n) is 4.65. The van der Waals surface area contributed by atoms with Gasteiger partial charge in [0.25, 0.3) is 0 Å². The average molecular weight is 366 g/mol. The summed E-state index contributed by atoms with van der Waals surface area (Å²) in [7, 11) is 0. The van der Waals surface area contributed by atoms with Crippen molar-refractivity contribution in [2.24, 2.45) is 0 Å². The molecule has 28 heavy (non-hydrogen) atoms. The Hall–Kier alpha value is -3.93. The van der Waals surface area contributed by atoms with Gasteiger partial charge >= 0.3 is 0 Å². The van der Waals surface area contributed by atoms with E-state index in [0.717, 1.165) is 28.5 Å². The third-order valence-corrected chi connectivity index (χ3v) is 4.65. The minimum atomic E-state index is 0.706. The van der Waals surface area contributed by atoms with E-state index in [9.17, 15) is 0 Å². The maximum absolute atomic E-state index is 4.85. The van der Waals surface area contributed by atoms with Crippen LogP contribution in [0.15, 0.2) is 91.8 Å². The molecule has 1 aromatic carbocycles. The lowest BCUT2D eigenvalue weighted by Gasteiger charge is -2.11. The Balaban J connectivity index is 1.62. The summed E-state index contributed by atoms with van der Waals surface area (Å²) < 4.78 is 4.13. The van der Waals surface area contributed by atoms with Crippen LogP contribution >= 0.6 is 0 Å². The fourth-order valence-corrected chi connectivity index (χ4v) is 3.33. The van der Waals surface area contributed by atoms with E-state index in [1.165, 1.54) is 5.56 Å². The van der Waals surface area contributed by atoms with Crippen LogP contribution in [-0.2, 0) is 6.54 Å². The van der Waals surface area contributed by atoms with Gasteiger partial charge in [-0.2, -0.15) is 0 Å². The number of aromatic nitrogens is 5. The van der Waals surface area contributed by atoms with Crippen LogP contribution in [0.3, 0.4) is 0 Å². The molecule has 0 aliphatic rings. The Labute approximate surface area is 162 Å². The summed E-state index contributed by atoms with van der Waals surface area (Å²) in [5, 5.41) is 3.56. The minimum absolute atomic E-state index is 0.706. The van der Waals surface area contributed by atoms with Gasteiger partial charge in [-0.25, -0.2) is 4.98 Å². The minimum Gasteiger partial charge on any atom is -0.365 e. The molecule has 0 fully saturated rings. The van der Waals surface area contributed by atoms with Gasteiger partial charge in [0.1, 0.15) is 11.5 Å². The summed E-state index contributed by atoms with van der Waals surface area (Å²) in [6, 6.07) is 18.4. The van der Waals surface area contributed by atoms with Crippen LogP contribution in [0.5, 0.6) is 0 Å². The van der Waals surface area contributed by atoms with Crippen molar-refractivity contribution in [1.29, 1.82) is 0 Å². The van der Waals surface area contributed by atoms with Gasteiger partial charge in [0.05, 0.1) is 23.8 Å². The maximum atomic E-state index is 4.85. The third kappa shape index (κ3) is 2.91. The summed E-state index contributed by atoms with van der Waals surface area (Å²) >= 11 is 0. The van der Waals surface area contributed by atoms with Crippen molar-refractivity contribution < 1.29 is 0 Å². The van der Waals surface area contributed by atoms with E-state index in [-0.39, 0.29) is 0 Å². The molecule has 6 heteroatoms. The highest BCUT2D eigenvalue weighted by Gasteiger charge is 2.17. The molecule has 0 bridgehead atoms. The number of nitrogens with zero attached hydrogens (tertiary/aromatic N) is 5. The molecule has 0 saturated heterocycles. The van der Waals surface area contributed by atoms with Crippen molar-refractivity contribution in [2.45, 2.75) is 6.54 Å². The van der Waals surface area contributed by atoms with Crippen LogP contribution < -0.4 is 5.32 Å². The lowest BCUT2D eigenvalue weighted by atomic mass is 10.2. The van der Waals surface area contributed by atoms with Gasteiger partial charge in [-0.1, -0.05) is 30.3 Å². The zero-order chi connectivity index (χ0) is 18.8. The topological polar surface area (TPSA) is 60.0 Å². The van der Waals surface area contributed by atoms with Crippen LogP contribution in [0.4, 0.5) is 5.82 Å². The monoisotopic (exact) mass is 366 g/mol. The molecule has 5 rings (SSSR count). The molecule has 1 N–H and O–H groups in total. The molecule has 0 amide bonds. The number of rotatable bonds is 5. The molecule has 0 aliphatic carbocycles. The van der Waals surface area contributed by atoms with Gasteiger partial charge < -0.3 is 9.88 Å². The van der Waals surface area contributed by atoms with E-state index in [1.54, 1.807) is 18.6 Å². The van der Waals surface area contributed by atoms with Crippen LogP contribution in [0.1, 0.15) is 5.56 Å². The Morgan fingerprint density at radius 1 is 0.821 bits per heavy atom. The second-order valence-electron chi connectivity index (χ2n) is 6.43. The second kappa shape index (κ2) is 7.00. The SMILES string of the molecule is c1ccc(CNc2c(-c3cccn3-c3cccnc3)nc3cnccn23)cc1. The first-order valence-electron chi connectivity index (χ1n) is 9.08. The normalized spacial score (nSPS) is 11.0. The van der Waals surface area contributed by atoms with Gasteiger partial charge in [-0.15, -0.1) is 0 Å². The summed E-state index contributed by atoms with van der Waals surface area (Å²) in [6.07, 6.45) is 11.1. The molecule has 5 aromatic rings. The maximum Gasteiger partial charge on any atom is 0.157 e. The van der Waals surface area contributed by atoms with E-state index in [2.05, 4.69) is 38.1 Å². The zero-order valence-electron chi connectivity index (χ0n) is 15.1. The predicted octanol–water partition coefficient (Wildman–Crippen LogP) is 4.19. The highest BCUT2D eigenvalue weighted by molar-refractivity contribution is 5.75. The number of hydrogen-bond acceptors (Lipinski definition) is 4. The zero-order valence-corrected chi connectivity index (χ0v) is 15.1. The van der Waals surface area contributed by atoms with Crippen LogP contribution in [-0.4, -0.2) is 23.9 Å². The molecule has 0 atom stereocenters. The lowest BCUT2D eigenvalue weighted by molar-refractivity contribution is 1.05. The molecular weight excluding hydrogens is 348 g/mol. The fourth-order valence-electron chi connectivity index (χ4n) is 3.33. The van der Waals surface area contributed by atoms with Crippen LogP contribution in [0, 0.1) is 0 Å². The highest BCUT2D eigenvalue weighted by Crippen LogP contribution is 2.31. The van der Waals surface area contributed by atoms with Crippen LogP contribution in [0.25, 0.3) is 22.7 Å². The van der Waals surface area contributed by atoms with E-state index >= 15 is 0 Å².